The van der Waals surface area contributed by atoms with Gasteiger partial charge >= 0.3 is 0 Å². The van der Waals surface area contributed by atoms with E-state index in [2.05, 4.69) is 77.0 Å². The van der Waals surface area contributed by atoms with Crippen LogP contribution in [0.2, 0.25) is 0 Å². The van der Waals surface area contributed by atoms with Crippen LogP contribution in [0.5, 0.6) is 0 Å². The summed E-state index contributed by atoms with van der Waals surface area (Å²) in [5, 5.41) is 4.46. The highest BCUT2D eigenvalue weighted by atomic mass is 32.1. The van der Waals surface area contributed by atoms with Crippen molar-refractivity contribution in [2.24, 2.45) is 5.92 Å². The van der Waals surface area contributed by atoms with Gasteiger partial charge in [0.2, 0.25) is 0 Å². The summed E-state index contributed by atoms with van der Waals surface area (Å²) in [5.74, 6) is 0.564. The highest BCUT2D eigenvalue weighted by Crippen LogP contribution is 2.34. The maximum Gasteiger partial charge on any atom is 0.183 e. The van der Waals surface area contributed by atoms with E-state index in [0.29, 0.717) is 12.0 Å². The van der Waals surface area contributed by atoms with Crippen LogP contribution >= 0.6 is 11.3 Å². The lowest BCUT2D eigenvalue weighted by Gasteiger charge is -2.16. The molecule has 1 aromatic carbocycles. The van der Waals surface area contributed by atoms with Crippen molar-refractivity contribution in [3.05, 3.63) is 61.2 Å². The van der Waals surface area contributed by atoms with Crippen LogP contribution in [0.15, 0.2) is 61.2 Å². The lowest BCUT2D eigenvalue weighted by molar-refractivity contribution is 0.559. The van der Waals surface area contributed by atoms with Gasteiger partial charge in [-0.2, -0.15) is 0 Å². The third kappa shape index (κ3) is 3.22. The molecule has 0 aliphatic carbocycles. The number of thiazole rings is 1. The van der Waals surface area contributed by atoms with Gasteiger partial charge in [-0.1, -0.05) is 55.5 Å². The molecule has 132 valence electrons. The van der Waals surface area contributed by atoms with E-state index in [-0.39, 0.29) is 0 Å². The van der Waals surface area contributed by atoms with Crippen LogP contribution in [-0.4, -0.2) is 20.4 Å². The Balaban J connectivity index is 1.75. The van der Waals surface area contributed by atoms with Crippen molar-refractivity contribution in [1.82, 2.24) is 14.4 Å². The molecular formula is C21H22N4S. The summed E-state index contributed by atoms with van der Waals surface area (Å²) >= 11 is 1.69. The zero-order valence-corrected chi connectivity index (χ0v) is 16.0. The van der Waals surface area contributed by atoms with Crippen LogP contribution in [0, 0.1) is 5.92 Å². The number of nitrogens with zero attached hydrogens (tertiary/aromatic N) is 3. The molecule has 0 saturated heterocycles. The van der Waals surface area contributed by atoms with Crippen molar-refractivity contribution < 1.29 is 0 Å². The first kappa shape index (κ1) is 16.8. The number of fused-ring (bicyclic) bond motifs is 1. The van der Waals surface area contributed by atoms with Gasteiger partial charge in [0, 0.05) is 42.0 Å². The number of anilines is 1. The van der Waals surface area contributed by atoms with E-state index in [0.717, 1.165) is 26.8 Å². The van der Waals surface area contributed by atoms with Gasteiger partial charge in [0.15, 0.2) is 5.13 Å². The van der Waals surface area contributed by atoms with Crippen molar-refractivity contribution in [3.8, 4) is 21.6 Å². The summed E-state index contributed by atoms with van der Waals surface area (Å²) in [7, 11) is 0. The number of imidazole rings is 1. The van der Waals surface area contributed by atoms with E-state index in [4.69, 9.17) is 0 Å². The van der Waals surface area contributed by atoms with Crippen molar-refractivity contribution in [3.63, 3.8) is 0 Å². The lowest BCUT2D eigenvalue weighted by atomic mass is 10.0. The van der Waals surface area contributed by atoms with E-state index in [1.165, 1.54) is 5.56 Å². The molecule has 5 heteroatoms. The minimum atomic E-state index is 0.394. The summed E-state index contributed by atoms with van der Waals surface area (Å²) in [5.41, 5.74) is 4.42. The molecule has 0 amide bonds. The molecule has 0 spiro atoms. The van der Waals surface area contributed by atoms with Gasteiger partial charge in [-0.05, 0) is 24.5 Å². The second-order valence-corrected chi connectivity index (χ2v) is 7.90. The molecular weight excluding hydrogens is 340 g/mol. The zero-order chi connectivity index (χ0) is 18.1. The fourth-order valence-corrected chi connectivity index (χ4v) is 3.73. The average Bonchev–Trinajstić information content (AvgIpc) is 3.30. The Morgan fingerprint density at radius 2 is 1.85 bits per heavy atom. The van der Waals surface area contributed by atoms with Gasteiger partial charge in [-0.15, -0.1) is 0 Å². The Hall–Kier alpha value is -2.66. The number of hydrogen-bond acceptors (Lipinski definition) is 4. The van der Waals surface area contributed by atoms with Crippen molar-refractivity contribution in [2.45, 2.75) is 26.8 Å². The molecule has 1 unspecified atom stereocenters. The predicted molar refractivity (Wildman–Crippen MR) is 110 cm³/mol. The number of rotatable bonds is 5. The maximum absolute atomic E-state index is 4.57. The van der Waals surface area contributed by atoms with Crippen molar-refractivity contribution in [2.75, 3.05) is 5.32 Å². The smallest absolute Gasteiger partial charge is 0.183 e. The van der Waals surface area contributed by atoms with Crippen LogP contribution in [0.1, 0.15) is 20.8 Å². The summed E-state index contributed by atoms with van der Waals surface area (Å²) < 4.78 is 2.08. The molecule has 3 heterocycles. The van der Waals surface area contributed by atoms with Gasteiger partial charge in [0.25, 0.3) is 0 Å². The first-order valence-corrected chi connectivity index (χ1v) is 9.68. The third-order valence-corrected chi connectivity index (χ3v) is 5.69. The van der Waals surface area contributed by atoms with Crippen LogP contribution in [0.4, 0.5) is 5.13 Å². The second-order valence-electron chi connectivity index (χ2n) is 6.87. The zero-order valence-electron chi connectivity index (χ0n) is 15.2. The van der Waals surface area contributed by atoms with Crippen LogP contribution in [-0.2, 0) is 0 Å². The molecule has 4 nitrogen and oxygen atoms in total. The molecule has 26 heavy (non-hydrogen) atoms. The number of hydrogen-bond donors (Lipinski definition) is 1. The molecule has 0 bridgehead atoms. The van der Waals surface area contributed by atoms with Gasteiger partial charge < -0.3 is 9.72 Å². The monoisotopic (exact) mass is 362 g/mol. The highest BCUT2D eigenvalue weighted by molar-refractivity contribution is 7.18. The summed E-state index contributed by atoms with van der Waals surface area (Å²) in [6.07, 6.45) is 7.91. The minimum absolute atomic E-state index is 0.394. The standard InChI is InChI=1S/C21H22N4S/c1-14(2)15(3)24-21-23-12-19(26-21)17-11-18(16-7-5-4-6-8-16)20-22-9-10-25(20)13-17/h4-15H,1-3H3,(H,23,24). The Bertz CT molecular complexity index is 1020. The first-order valence-electron chi connectivity index (χ1n) is 8.86. The Morgan fingerprint density at radius 3 is 2.62 bits per heavy atom. The van der Waals surface area contributed by atoms with E-state index >= 15 is 0 Å². The normalized spacial score (nSPS) is 12.6. The summed E-state index contributed by atoms with van der Waals surface area (Å²) in [6.45, 7) is 6.62. The molecule has 4 aromatic rings. The van der Waals surface area contributed by atoms with E-state index < -0.39 is 0 Å². The Morgan fingerprint density at radius 1 is 1.04 bits per heavy atom. The molecule has 0 aliphatic rings. The van der Waals surface area contributed by atoms with Gasteiger partial charge in [0.1, 0.15) is 5.65 Å². The number of benzene rings is 1. The van der Waals surface area contributed by atoms with Gasteiger partial charge in [-0.25, -0.2) is 9.97 Å². The molecule has 0 radical (unpaired) electrons. The van der Waals surface area contributed by atoms with Gasteiger partial charge in [-0.3, -0.25) is 0 Å². The number of pyridine rings is 1. The van der Waals surface area contributed by atoms with E-state index in [9.17, 15) is 0 Å². The highest BCUT2D eigenvalue weighted by Gasteiger charge is 2.13. The summed E-state index contributed by atoms with van der Waals surface area (Å²) in [4.78, 5) is 10.2. The number of nitrogens with one attached hydrogen (secondary N) is 1. The lowest BCUT2D eigenvalue weighted by Crippen LogP contribution is -2.21. The van der Waals surface area contributed by atoms with E-state index in [1.807, 2.05) is 24.7 Å². The van der Waals surface area contributed by atoms with Crippen LogP contribution < -0.4 is 5.32 Å². The molecule has 1 N–H and O–H groups in total. The average molecular weight is 363 g/mol. The first-order chi connectivity index (χ1) is 12.6. The largest absolute Gasteiger partial charge is 0.359 e. The number of aromatic nitrogens is 3. The quantitative estimate of drug-likeness (QED) is 0.504. The molecule has 1 atom stereocenters. The topological polar surface area (TPSA) is 42.2 Å². The van der Waals surface area contributed by atoms with Crippen molar-refractivity contribution in [1.29, 1.82) is 0 Å². The fourth-order valence-electron chi connectivity index (χ4n) is 2.83. The maximum atomic E-state index is 4.57. The third-order valence-electron chi connectivity index (χ3n) is 4.71. The second kappa shape index (κ2) is 6.92. The summed E-state index contributed by atoms with van der Waals surface area (Å²) in [6, 6.07) is 13.0. The Labute approximate surface area is 157 Å². The molecule has 4 rings (SSSR count). The van der Waals surface area contributed by atoms with E-state index in [1.54, 1.807) is 11.3 Å². The minimum Gasteiger partial charge on any atom is -0.359 e. The van der Waals surface area contributed by atoms with Crippen LogP contribution in [0.3, 0.4) is 0 Å². The molecule has 0 saturated carbocycles. The van der Waals surface area contributed by atoms with Crippen LogP contribution in [0.25, 0.3) is 27.2 Å². The van der Waals surface area contributed by atoms with Crippen molar-refractivity contribution >= 4 is 22.1 Å². The molecule has 3 aromatic heterocycles. The molecule has 0 aliphatic heterocycles. The predicted octanol–water partition coefficient (Wildman–Crippen LogP) is 5.58. The fraction of sp³-hybridized carbons (Fsp3) is 0.238. The Kier molecular flexibility index (Phi) is 4.47. The van der Waals surface area contributed by atoms with Gasteiger partial charge in [0.05, 0.1) is 4.88 Å². The molecule has 0 fully saturated rings. The SMILES string of the molecule is CC(C)C(C)Nc1ncc(-c2cc(-c3ccccc3)c3nccn3c2)s1.